The fraction of sp³-hybridized carbons (Fsp3) is 0.294. The number of carbonyl (C=O) groups excluding carboxylic acids is 2. The van der Waals surface area contributed by atoms with Crippen LogP contribution in [0.1, 0.15) is 13.3 Å². The van der Waals surface area contributed by atoms with Gasteiger partial charge in [0.25, 0.3) is 0 Å². The summed E-state index contributed by atoms with van der Waals surface area (Å²) in [6.07, 6.45) is -0.175. The molecule has 2 aromatic carbocycles. The first-order valence-electron chi connectivity index (χ1n) is 6.97. The van der Waals surface area contributed by atoms with E-state index >= 15 is 0 Å². The minimum absolute atomic E-state index is 0.149. The molecule has 0 saturated carbocycles. The molecule has 0 atom stereocenters. The molecular formula is C17H19NO3. The smallest absolute Gasteiger partial charge is 0.313 e. The van der Waals surface area contributed by atoms with Gasteiger partial charge in [-0.15, -0.1) is 0 Å². The zero-order valence-electron chi connectivity index (χ0n) is 12.3. The van der Waals surface area contributed by atoms with Crippen LogP contribution in [0.5, 0.6) is 0 Å². The largest absolute Gasteiger partial charge is 0.466 e. The maximum Gasteiger partial charge on any atom is 0.313 e. The fourth-order valence-electron chi connectivity index (χ4n) is 2.20. The zero-order chi connectivity index (χ0) is 15.2. The molecule has 0 spiro atoms. The van der Waals surface area contributed by atoms with Crippen LogP contribution in [0.25, 0.3) is 10.8 Å². The lowest BCUT2D eigenvalue weighted by molar-refractivity contribution is -0.145. The van der Waals surface area contributed by atoms with E-state index in [4.69, 9.17) is 4.74 Å². The lowest BCUT2D eigenvalue weighted by Crippen LogP contribution is -2.27. The number of hydrogen-bond donors (Lipinski definition) is 0. The van der Waals surface area contributed by atoms with Crippen molar-refractivity contribution in [3.05, 3.63) is 42.5 Å². The molecule has 0 N–H and O–H groups in total. The van der Waals surface area contributed by atoms with E-state index in [2.05, 4.69) is 0 Å². The number of nitrogens with zero attached hydrogens (tertiary/aromatic N) is 1. The van der Waals surface area contributed by atoms with Gasteiger partial charge in [-0.1, -0.05) is 30.3 Å². The van der Waals surface area contributed by atoms with Crippen molar-refractivity contribution in [2.75, 3.05) is 25.1 Å². The first-order chi connectivity index (χ1) is 10.1. The number of ether oxygens (including phenoxy) is 1. The van der Waals surface area contributed by atoms with Gasteiger partial charge in [-0.05, 0) is 29.8 Å². The second-order valence-corrected chi connectivity index (χ2v) is 4.91. The van der Waals surface area contributed by atoms with Crippen LogP contribution in [0, 0.1) is 0 Å². The second kappa shape index (κ2) is 6.88. The summed E-state index contributed by atoms with van der Waals surface area (Å²) in [5, 5.41) is 2.28. The summed E-state index contributed by atoms with van der Waals surface area (Å²) < 4.78 is 4.78. The van der Waals surface area contributed by atoms with Gasteiger partial charge in [-0.2, -0.15) is 0 Å². The van der Waals surface area contributed by atoms with Gasteiger partial charge in [0.1, 0.15) is 6.42 Å². The quantitative estimate of drug-likeness (QED) is 0.605. The third-order valence-corrected chi connectivity index (χ3v) is 3.23. The Morgan fingerprint density at radius 3 is 2.52 bits per heavy atom. The fourth-order valence-corrected chi connectivity index (χ4v) is 2.20. The summed E-state index contributed by atoms with van der Waals surface area (Å²) in [6, 6.07) is 14.1. The number of rotatable bonds is 6. The van der Waals surface area contributed by atoms with E-state index in [1.165, 1.54) is 0 Å². The van der Waals surface area contributed by atoms with Crippen molar-refractivity contribution in [1.29, 1.82) is 0 Å². The minimum atomic E-state index is -0.464. The van der Waals surface area contributed by atoms with Gasteiger partial charge >= 0.3 is 5.97 Å². The molecule has 0 heterocycles. The number of Topliss-reactive ketones (excluding diaryl/α,β-unsaturated/α-hetero) is 1. The monoisotopic (exact) mass is 285 g/mol. The van der Waals surface area contributed by atoms with Crippen molar-refractivity contribution in [1.82, 2.24) is 0 Å². The van der Waals surface area contributed by atoms with E-state index in [0.717, 1.165) is 16.5 Å². The number of benzene rings is 2. The van der Waals surface area contributed by atoms with Gasteiger partial charge in [-0.3, -0.25) is 9.59 Å². The van der Waals surface area contributed by atoms with E-state index < -0.39 is 5.97 Å². The Bertz CT molecular complexity index is 651. The van der Waals surface area contributed by atoms with Gasteiger partial charge in [0.2, 0.25) is 0 Å². The lowest BCUT2D eigenvalue weighted by atomic mass is 10.1. The molecule has 0 aliphatic heterocycles. The van der Waals surface area contributed by atoms with Crippen molar-refractivity contribution in [2.24, 2.45) is 0 Å². The maximum absolute atomic E-state index is 11.8. The molecule has 0 unspecified atom stereocenters. The van der Waals surface area contributed by atoms with Crippen LogP contribution >= 0.6 is 0 Å². The Kier molecular flexibility index (Phi) is 4.93. The number of fused-ring (bicyclic) bond motifs is 1. The molecule has 4 heteroatoms. The Morgan fingerprint density at radius 1 is 1.10 bits per heavy atom. The van der Waals surface area contributed by atoms with E-state index in [1.54, 1.807) is 6.92 Å². The Balaban J connectivity index is 2.02. The predicted octanol–water partition coefficient (Wildman–Crippen LogP) is 2.80. The Labute approximate surface area is 124 Å². The first-order valence-corrected chi connectivity index (χ1v) is 6.97. The Hall–Kier alpha value is -2.36. The third kappa shape index (κ3) is 4.05. The van der Waals surface area contributed by atoms with Gasteiger partial charge in [0.05, 0.1) is 13.2 Å². The standard InChI is InChI=1S/C17H19NO3/c1-3-21-17(20)11-16(19)12-18(2)15-9-8-13-6-4-5-7-14(13)10-15/h4-10H,3,11-12H2,1-2H3. The zero-order valence-corrected chi connectivity index (χ0v) is 12.3. The average molecular weight is 285 g/mol. The van der Waals surface area contributed by atoms with Gasteiger partial charge in [-0.25, -0.2) is 0 Å². The molecule has 110 valence electrons. The summed E-state index contributed by atoms with van der Waals surface area (Å²) in [4.78, 5) is 25.0. The Morgan fingerprint density at radius 2 is 1.81 bits per heavy atom. The number of ketones is 1. The van der Waals surface area contributed by atoms with Crippen LogP contribution in [-0.2, 0) is 14.3 Å². The summed E-state index contributed by atoms with van der Waals surface area (Å²) in [5.41, 5.74) is 0.950. The first kappa shape index (κ1) is 15.0. The number of hydrogen-bond acceptors (Lipinski definition) is 4. The molecule has 21 heavy (non-hydrogen) atoms. The lowest BCUT2D eigenvalue weighted by Gasteiger charge is -2.18. The average Bonchev–Trinajstić information content (AvgIpc) is 2.46. The van der Waals surface area contributed by atoms with E-state index in [-0.39, 0.29) is 18.7 Å². The van der Waals surface area contributed by atoms with E-state index in [0.29, 0.717) is 6.61 Å². The minimum Gasteiger partial charge on any atom is -0.466 e. The van der Waals surface area contributed by atoms with Crippen molar-refractivity contribution < 1.29 is 14.3 Å². The maximum atomic E-state index is 11.8. The van der Waals surface area contributed by atoms with Crippen LogP contribution in [-0.4, -0.2) is 32.0 Å². The number of anilines is 1. The molecule has 0 fully saturated rings. The summed E-state index contributed by atoms with van der Waals surface area (Å²) in [5.74, 6) is -0.612. The van der Waals surface area contributed by atoms with Gasteiger partial charge in [0.15, 0.2) is 5.78 Å². The van der Waals surface area contributed by atoms with Crippen LogP contribution in [0.3, 0.4) is 0 Å². The highest BCUT2D eigenvalue weighted by Gasteiger charge is 2.13. The number of esters is 1. The molecule has 0 aromatic heterocycles. The molecule has 4 nitrogen and oxygen atoms in total. The van der Waals surface area contributed by atoms with Crippen molar-refractivity contribution in [2.45, 2.75) is 13.3 Å². The topological polar surface area (TPSA) is 46.6 Å². The normalized spacial score (nSPS) is 10.4. The van der Waals surface area contributed by atoms with Crippen LogP contribution < -0.4 is 4.90 Å². The molecule has 0 aliphatic carbocycles. The summed E-state index contributed by atoms with van der Waals surface area (Å²) in [7, 11) is 1.84. The number of carbonyl (C=O) groups is 2. The molecule has 2 rings (SSSR count). The molecule has 0 amide bonds. The van der Waals surface area contributed by atoms with Crippen LogP contribution in [0.4, 0.5) is 5.69 Å². The predicted molar refractivity (Wildman–Crippen MR) is 83.5 cm³/mol. The van der Waals surface area contributed by atoms with E-state index in [1.807, 2.05) is 54.4 Å². The summed E-state index contributed by atoms with van der Waals surface area (Å²) >= 11 is 0. The summed E-state index contributed by atoms with van der Waals surface area (Å²) in [6.45, 7) is 2.22. The highest BCUT2D eigenvalue weighted by Crippen LogP contribution is 2.21. The third-order valence-electron chi connectivity index (χ3n) is 3.23. The molecular weight excluding hydrogens is 266 g/mol. The van der Waals surface area contributed by atoms with Gasteiger partial charge < -0.3 is 9.64 Å². The molecule has 0 bridgehead atoms. The van der Waals surface area contributed by atoms with Crippen molar-refractivity contribution >= 4 is 28.2 Å². The highest BCUT2D eigenvalue weighted by atomic mass is 16.5. The SMILES string of the molecule is CCOC(=O)CC(=O)CN(C)c1ccc2ccccc2c1. The molecule has 0 radical (unpaired) electrons. The molecule has 0 saturated heterocycles. The highest BCUT2D eigenvalue weighted by molar-refractivity contribution is 5.98. The molecule has 0 aliphatic rings. The number of likely N-dealkylation sites (N-methyl/N-ethyl adjacent to an activating group) is 1. The van der Waals surface area contributed by atoms with Gasteiger partial charge in [0, 0.05) is 12.7 Å². The van der Waals surface area contributed by atoms with Crippen LogP contribution in [0.2, 0.25) is 0 Å². The van der Waals surface area contributed by atoms with E-state index in [9.17, 15) is 9.59 Å². The van der Waals surface area contributed by atoms with Crippen LogP contribution in [0.15, 0.2) is 42.5 Å². The second-order valence-electron chi connectivity index (χ2n) is 4.91. The molecule has 2 aromatic rings. The van der Waals surface area contributed by atoms with Crippen molar-refractivity contribution in [3.8, 4) is 0 Å². The van der Waals surface area contributed by atoms with Crippen molar-refractivity contribution in [3.63, 3.8) is 0 Å².